The molecule has 0 aliphatic heterocycles. The van der Waals surface area contributed by atoms with Gasteiger partial charge in [-0.3, -0.25) is 0 Å². The fraction of sp³-hybridized carbons (Fsp3) is 0.200. The van der Waals surface area contributed by atoms with Crippen molar-refractivity contribution in [3.8, 4) is 0 Å². The molecule has 0 aliphatic rings. The van der Waals surface area contributed by atoms with Crippen LogP contribution in [-0.4, -0.2) is 26.5 Å². The second-order valence-corrected chi connectivity index (χ2v) is 6.16. The molecule has 3 heterocycles. The zero-order chi connectivity index (χ0) is 17.8. The summed E-state index contributed by atoms with van der Waals surface area (Å²) in [4.78, 5) is 19.6. The molecule has 6 nitrogen and oxygen atoms in total. The maximum atomic E-state index is 5.39. The minimum Gasteiger partial charge on any atom is -0.449 e. The van der Waals surface area contributed by atoms with E-state index in [4.69, 9.17) is 4.42 Å². The van der Waals surface area contributed by atoms with Crippen LogP contribution in [0, 0.1) is 6.92 Å². The highest BCUT2D eigenvalue weighted by Gasteiger charge is 2.14. The lowest BCUT2D eigenvalue weighted by atomic mass is 10.1. The van der Waals surface area contributed by atoms with Crippen molar-refractivity contribution in [2.24, 2.45) is 0 Å². The summed E-state index contributed by atoms with van der Waals surface area (Å²) < 4.78 is 5.39. The van der Waals surface area contributed by atoms with Gasteiger partial charge in [-0.1, -0.05) is 29.8 Å². The fourth-order valence-corrected chi connectivity index (χ4v) is 3.03. The standard InChI is InChI=1S/C20H19N5O/c1-15-4-2-5-16(12-15)13-25(10-7-18-21-9-11-26-18)20-17-6-3-8-22-19(17)23-14-24-20/h2-6,8-9,11-12,14H,7,10,13H2,1H3. The monoisotopic (exact) mass is 345 g/mol. The zero-order valence-electron chi connectivity index (χ0n) is 14.5. The fourth-order valence-electron chi connectivity index (χ4n) is 3.03. The van der Waals surface area contributed by atoms with Gasteiger partial charge in [0.2, 0.25) is 0 Å². The van der Waals surface area contributed by atoms with Crippen LogP contribution in [0.25, 0.3) is 11.0 Å². The first-order valence-electron chi connectivity index (χ1n) is 8.54. The summed E-state index contributed by atoms with van der Waals surface area (Å²) in [7, 11) is 0. The van der Waals surface area contributed by atoms with E-state index < -0.39 is 0 Å². The van der Waals surface area contributed by atoms with Crippen LogP contribution in [0.5, 0.6) is 0 Å². The van der Waals surface area contributed by atoms with E-state index in [2.05, 4.69) is 56.0 Å². The molecule has 0 radical (unpaired) electrons. The number of nitrogens with zero attached hydrogens (tertiary/aromatic N) is 5. The van der Waals surface area contributed by atoms with E-state index in [-0.39, 0.29) is 0 Å². The molecule has 0 amide bonds. The van der Waals surface area contributed by atoms with Gasteiger partial charge in [-0.15, -0.1) is 0 Å². The van der Waals surface area contributed by atoms with E-state index in [0.29, 0.717) is 12.1 Å². The number of hydrogen-bond donors (Lipinski definition) is 0. The number of benzene rings is 1. The molecule has 0 fully saturated rings. The molecule has 0 saturated heterocycles. The molecule has 4 rings (SSSR count). The summed E-state index contributed by atoms with van der Waals surface area (Å²) in [5.74, 6) is 1.59. The summed E-state index contributed by atoms with van der Waals surface area (Å²) in [5, 5.41) is 0.940. The number of aromatic nitrogens is 4. The molecular weight excluding hydrogens is 326 g/mol. The molecule has 0 spiro atoms. The van der Waals surface area contributed by atoms with Crippen LogP contribution >= 0.6 is 0 Å². The van der Waals surface area contributed by atoms with E-state index in [9.17, 15) is 0 Å². The largest absolute Gasteiger partial charge is 0.449 e. The predicted molar refractivity (Wildman–Crippen MR) is 99.8 cm³/mol. The first-order valence-corrected chi connectivity index (χ1v) is 8.54. The summed E-state index contributed by atoms with van der Waals surface area (Å²) in [6.07, 6.45) is 7.29. The van der Waals surface area contributed by atoms with Gasteiger partial charge in [0.15, 0.2) is 11.5 Å². The van der Waals surface area contributed by atoms with Crippen LogP contribution in [0.1, 0.15) is 17.0 Å². The number of oxazole rings is 1. The predicted octanol–water partition coefficient (Wildman–Crippen LogP) is 3.57. The van der Waals surface area contributed by atoms with E-state index >= 15 is 0 Å². The number of anilines is 1. The Hall–Kier alpha value is -3.28. The average Bonchev–Trinajstić information content (AvgIpc) is 3.18. The molecule has 0 unspecified atom stereocenters. The molecular formula is C20H19N5O. The van der Waals surface area contributed by atoms with Crippen molar-refractivity contribution < 1.29 is 4.42 Å². The highest BCUT2D eigenvalue weighted by Crippen LogP contribution is 2.23. The van der Waals surface area contributed by atoms with Crippen LogP contribution in [0.3, 0.4) is 0 Å². The molecule has 130 valence electrons. The first kappa shape index (κ1) is 16.2. The summed E-state index contributed by atoms with van der Waals surface area (Å²) in [6, 6.07) is 12.4. The molecule has 0 atom stereocenters. The van der Waals surface area contributed by atoms with Crippen molar-refractivity contribution in [2.45, 2.75) is 19.9 Å². The zero-order valence-corrected chi connectivity index (χ0v) is 14.5. The Morgan fingerprint density at radius 3 is 2.81 bits per heavy atom. The van der Waals surface area contributed by atoms with E-state index in [1.54, 1.807) is 25.0 Å². The third kappa shape index (κ3) is 3.54. The SMILES string of the molecule is Cc1cccc(CN(CCc2ncco2)c2ncnc3ncccc23)c1. The van der Waals surface area contributed by atoms with Gasteiger partial charge in [-0.05, 0) is 24.6 Å². The minimum atomic E-state index is 0.697. The molecule has 0 aliphatic carbocycles. The summed E-state index contributed by atoms with van der Waals surface area (Å²) >= 11 is 0. The number of fused-ring (bicyclic) bond motifs is 1. The minimum absolute atomic E-state index is 0.697. The number of rotatable bonds is 6. The second kappa shape index (κ2) is 7.31. The lowest BCUT2D eigenvalue weighted by Crippen LogP contribution is -2.26. The van der Waals surface area contributed by atoms with E-state index in [1.165, 1.54) is 11.1 Å². The van der Waals surface area contributed by atoms with Crippen LogP contribution in [0.4, 0.5) is 5.82 Å². The van der Waals surface area contributed by atoms with Gasteiger partial charge in [-0.25, -0.2) is 19.9 Å². The van der Waals surface area contributed by atoms with Crippen molar-refractivity contribution in [1.29, 1.82) is 0 Å². The average molecular weight is 345 g/mol. The maximum absolute atomic E-state index is 5.39. The topological polar surface area (TPSA) is 67.9 Å². The molecule has 3 aromatic heterocycles. The third-order valence-electron chi connectivity index (χ3n) is 4.22. The molecule has 0 N–H and O–H groups in total. The van der Waals surface area contributed by atoms with Crippen LogP contribution in [-0.2, 0) is 13.0 Å². The first-order chi connectivity index (χ1) is 12.8. The molecule has 6 heteroatoms. The second-order valence-electron chi connectivity index (χ2n) is 6.16. The van der Waals surface area contributed by atoms with Gasteiger partial charge in [0, 0.05) is 25.7 Å². The summed E-state index contributed by atoms with van der Waals surface area (Å²) in [6.45, 7) is 3.57. The third-order valence-corrected chi connectivity index (χ3v) is 4.22. The van der Waals surface area contributed by atoms with E-state index in [0.717, 1.165) is 30.2 Å². The highest BCUT2D eigenvalue weighted by atomic mass is 16.3. The van der Waals surface area contributed by atoms with Crippen molar-refractivity contribution in [1.82, 2.24) is 19.9 Å². The number of pyridine rings is 1. The number of hydrogen-bond acceptors (Lipinski definition) is 6. The van der Waals surface area contributed by atoms with Crippen molar-refractivity contribution in [2.75, 3.05) is 11.4 Å². The van der Waals surface area contributed by atoms with Gasteiger partial charge in [0.25, 0.3) is 0 Å². The van der Waals surface area contributed by atoms with Gasteiger partial charge in [-0.2, -0.15) is 0 Å². The molecule has 4 aromatic rings. The highest BCUT2D eigenvalue weighted by molar-refractivity contribution is 5.86. The molecule has 26 heavy (non-hydrogen) atoms. The Morgan fingerprint density at radius 2 is 1.96 bits per heavy atom. The van der Waals surface area contributed by atoms with Gasteiger partial charge >= 0.3 is 0 Å². The van der Waals surface area contributed by atoms with Crippen molar-refractivity contribution >= 4 is 16.9 Å². The lowest BCUT2D eigenvalue weighted by Gasteiger charge is -2.24. The van der Waals surface area contributed by atoms with Gasteiger partial charge in [0.1, 0.15) is 18.4 Å². The lowest BCUT2D eigenvalue weighted by molar-refractivity contribution is 0.492. The van der Waals surface area contributed by atoms with Crippen LogP contribution < -0.4 is 4.90 Å². The Labute approximate surface area is 151 Å². The normalized spacial score (nSPS) is 11.0. The van der Waals surface area contributed by atoms with E-state index in [1.807, 2.05) is 12.1 Å². The van der Waals surface area contributed by atoms with Gasteiger partial charge in [0.05, 0.1) is 11.6 Å². The number of aryl methyl sites for hydroxylation is 1. The maximum Gasteiger partial charge on any atom is 0.195 e. The smallest absolute Gasteiger partial charge is 0.195 e. The quantitative estimate of drug-likeness (QED) is 0.532. The van der Waals surface area contributed by atoms with Crippen molar-refractivity contribution in [3.05, 3.63) is 78.4 Å². The molecule has 0 saturated carbocycles. The Bertz CT molecular complexity index is 995. The van der Waals surface area contributed by atoms with Crippen LogP contribution in [0.15, 0.2) is 65.8 Å². The Morgan fingerprint density at radius 1 is 1.00 bits per heavy atom. The van der Waals surface area contributed by atoms with Crippen LogP contribution in [0.2, 0.25) is 0 Å². The Kier molecular flexibility index (Phi) is 4.55. The summed E-state index contributed by atoms with van der Waals surface area (Å²) in [5.41, 5.74) is 3.17. The molecule has 1 aromatic carbocycles. The van der Waals surface area contributed by atoms with Crippen molar-refractivity contribution in [3.63, 3.8) is 0 Å². The van der Waals surface area contributed by atoms with Gasteiger partial charge < -0.3 is 9.32 Å². The molecule has 0 bridgehead atoms. The Balaban J connectivity index is 1.68.